The molecule has 0 aromatic carbocycles. The van der Waals surface area contributed by atoms with Crippen LogP contribution in [-0.4, -0.2) is 45.5 Å². The van der Waals surface area contributed by atoms with Crippen LogP contribution in [0.4, 0.5) is 5.82 Å². The van der Waals surface area contributed by atoms with E-state index in [1.807, 2.05) is 35.9 Å². The topological polar surface area (TPSA) is 72.6 Å². The molecule has 0 bridgehead atoms. The molecule has 1 unspecified atom stereocenters. The lowest BCUT2D eigenvalue weighted by Gasteiger charge is -2.31. The van der Waals surface area contributed by atoms with Crippen molar-refractivity contribution in [3.05, 3.63) is 29.0 Å². The van der Waals surface area contributed by atoms with Crippen LogP contribution in [0.5, 0.6) is 0 Å². The first kappa shape index (κ1) is 17.9. The number of thiophene rings is 1. The normalized spacial score (nSPS) is 19.9. The molecule has 3 aromatic rings. The molecule has 7 nitrogen and oxygen atoms in total. The van der Waals surface area contributed by atoms with Gasteiger partial charge < -0.3 is 9.64 Å². The third-order valence-corrected chi connectivity index (χ3v) is 6.12. The quantitative estimate of drug-likeness (QED) is 0.628. The smallest absolute Gasteiger partial charge is 0.314 e. The first-order valence-corrected chi connectivity index (χ1v) is 10.2. The molecule has 4 heterocycles. The third kappa shape index (κ3) is 2.97. The maximum Gasteiger partial charge on any atom is 0.314 e. The van der Waals surface area contributed by atoms with Gasteiger partial charge >= 0.3 is 5.97 Å². The van der Waals surface area contributed by atoms with Crippen LogP contribution in [0.15, 0.2) is 29.0 Å². The fourth-order valence-corrected chi connectivity index (χ4v) is 4.33. The second-order valence-corrected chi connectivity index (χ2v) is 7.98. The van der Waals surface area contributed by atoms with E-state index in [0.717, 1.165) is 30.2 Å². The van der Waals surface area contributed by atoms with Gasteiger partial charge in [0.1, 0.15) is 5.82 Å². The van der Waals surface area contributed by atoms with Gasteiger partial charge in [0.15, 0.2) is 11.5 Å². The van der Waals surface area contributed by atoms with Gasteiger partial charge in [-0.25, -0.2) is 0 Å². The molecule has 0 saturated carbocycles. The number of carbonyl (C=O) groups is 1. The number of carbonyl (C=O) groups excluding carboxylic acids is 1. The number of anilines is 1. The molecule has 1 saturated heterocycles. The van der Waals surface area contributed by atoms with Crippen molar-refractivity contribution in [2.24, 2.45) is 11.3 Å². The Morgan fingerprint density at radius 2 is 2.19 bits per heavy atom. The zero-order valence-electron chi connectivity index (χ0n) is 15.8. The van der Waals surface area contributed by atoms with Crippen molar-refractivity contribution in [3.8, 4) is 11.4 Å². The molecule has 27 heavy (non-hydrogen) atoms. The van der Waals surface area contributed by atoms with E-state index in [1.54, 1.807) is 15.9 Å². The molecular formula is C19H23N5O2S. The lowest BCUT2D eigenvalue weighted by molar-refractivity contribution is -0.156. The second kappa shape index (κ2) is 6.92. The highest BCUT2D eigenvalue weighted by Crippen LogP contribution is 2.40. The molecule has 0 N–H and O–H groups in total. The summed E-state index contributed by atoms with van der Waals surface area (Å²) < 4.78 is 7.17. The fraction of sp³-hybridized carbons (Fsp3) is 0.474. The van der Waals surface area contributed by atoms with Crippen LogP contribution in [0.25, 0.3) is 17.0 Å². The average Bonchev–Trinajstić information content (AvgIpc) is 3.39. The number of aromatic nitrogens is 4. The van der Waals surface area contributed by atoms with Crippen LogP contribution in [0.2, 0.25) is 0 Å². The van der Waals surface area contributed by atoms with Gasteiger partial charge in [-0.3, -0.25) is 4.79 Å². The summed E-state index contributed by atoms with van der Waals surface area (Å²) >= 11 is 1.62. The maximum atomic E-state index is 12.7. The zero-order chi connectivity index (χ0) is 19.0. The zero-order valence-corrected chi connectivity index (χ0v) is 16.6. The van der Waals surface area contributed by atoms with Crippen LogP contribution >= 0.6 is 11.3 Å². The Kier molecular flexibility index (Phi) is 4.59. The van der Waals surface area contributed by atoms with Gasteiger partial charge in [-0.1, -0.05) is 13.8 Å². The van der Waals surface area contributed by atoms with Gasteiger partial charge in [-0.15, -0.1) is 15.3 Å². The molecular weight excluding hydrogens is 362 g/mol. The van der Waals surface area contributed by atoms with Crippen LogP contribution in [-0.2, 0) is 9.53 Å². The predicted molar refractivity (Wildman–Crippen MR) is 105 cm³/mol. The fourth-order valence-electron chi connectivity index (χ4n) is 3.70. The predicted octanol–water partition coefficient (Wildman–Crippen LogP) is 3.27. The van der Waals surface area contributed by atoms with Crippen molar-refractivity contribution in [1.29, 1.82) is 0 Å². The van der Waals surface area contributed by atoms with Crippen LogP contribution in [0, 0.1) is 11.3 Å². The Labute approximate surface area is 162 Å². The van der Waals surface area contributed by atoms with Gasteiger partial charge in [0.2, 0.25) is 0 Å². The van der Waals surface area contributed by atoms with Crippen molar-refractivity contribution in [3.63, 3.8) is 0 Å². The Morgan fingerprint density at radius 3 is 2.89 bits per heavy atom. The monoisotopic (exact) mass is 385 g/mol. The van der Waals surface area contributed by atoms with Crippen molar-refractivity contribution in [1.82, 2.24) is 19.8 Å². The summed E-state index contributed by atoms with van der Waals surface area (Å²) in [5.41, 5.74) is 1.22. The Balaban J connectivity index is 1.67. The molecule has 0 amide bonds. The number of nitrogens with zero attached hydrogens (tertiary/aromatic N) is 5. The van der Waals surface area contributed by atoms with Gasteiger partial charge in [-0.2, -0.15) is 15.9 Å². The summed E-state index contributed by atoms with van der Waals surface area (Å²) in [5.74, 6) is 1.65. The molecule has 1 atom stereocenters. The minimum atomic E-state index is -0.490. The van der Waals surface area contributed by atoms with Crippen molar-refractivity contribution in [2.45, 2.75) is 27.2 Å². The van der Waals surface area contributed by atoms with E-state index in [-0.39, 0.29) is 11.9 Å². The average molecular weight is 385 g/mol. The highest BCUT2D eigenvalue weighted by Gasteiger charge is 2.48. The molecule has 1 aliphatic heterocycles. The molecule has 1 aliphatic rings. The molecule has 142 valence electrons. The van der Waals surface area contributed by atoms with E-state index < -0.39 is 5.41 Å². The Hall–Kier alpha value is -2.48. The van der Waals surface area contributed by atoms with E-state index in [0.29, 0.717) is 18.8 Å². The maximum absolute atomic E-state index is 12.7. The molecule has 0 aliphatic carbocycles. The first-order chi connectivity index (χ1) is 13.0. The van der Waals surface area contributed by atoms with E-state index in [9.17, 15) is 4.79 Å². The van der Waals surface area contributed by atoms with Crippen LogP contribution < -0.4 is 4.90 Å². The van der Waals surface area contributed by atoms with E-state index in [2.05, 4.69) is 28.9 Å². The number of hydrogen-bond donors (Lipinski definition) is 0. The van der Waals surface area contributed by atoms with Crippen molar-refractivity contribution >= 4 is 28.8 Å². The largest absolute Gasteiger partial charge is 0.466 e. The lowest BCUT2D eigenvalue weighted by Crippen LogP contribution is -2.40. The first-order valence-electron chi connectivity index (χ1n) is 9.22. The van der Waals surface area contributed by atoms with Crippen molar-refractivity contribution in [2.75, 3.05) is 24.6 Å². The number of rotatable bonds is 5. The van der Waals surface area contributed by atoms with Crippen LogP contribution in [0.3, 0.4) is 0 Å². The molecule has 4 rings (SSSR count). The van der Waals surface area contributed by atoms with Gasteiger partial charge in [-0.05, 0) is 42.8 Å². The molecule has 8 heteroatoms. The molecule has 1 fully saturated rings. The second-order valence-electron chi connectivity index (χ2n) is 7.20. The van der Waals surface area contributed by atoms with Crippen molar-refractivity contribution < 1.29 is 9.53 Å². The minimum absolute atomic E-state index is 0.105. The standard InChI is InChI=1S/C19H23N5O2S/c1-4-26-18(25)19(13(2)3)8-9-23(12-19)16-6-5-15-20-21-17(24(15)22-16)14-7-10-27-11-14/h5-7,10-11,13H,4,8-9,12H2,1-3H3. The molecule has 0 radical (unpaired) electrons. The van der Waals surface area contributed by atoms with E-state index in [4.69, 9.17) is 9.84 Å². The summed E-state index contributed by atoms with van der Waals surface area (Å²) in [5, 5.41) is 17.3. The minimum Gasteiger partial charge on any atom is -0.466 e. The van der Waals surface area contributed by atoms with Gasteiger partial charge in [0.05, 0.1) is 12.0 Å². The number of hydrogen-bond acceptors (Lipinski definition) is 7. The third-order valence-electron chi connectivity index (χ3n) is 5.44. The van der Waals surface area contributed by atoms with E-state index in [1.165, 1.54) is 0 Å². The molecule has 3 aromatic heterocycles. The summed E-state index contributed by atoms with van der Waals surface area (Å²) in [6.07, 6.45) is 0.767. The summed E-state index contributed by atoms with van der Waals surface area (Å²) in [6.45, 7) is 7.81. The van der Waals surface area contributed by atoms with Gasteiger partial charge in [0, 0.05) is 24.0 Å². The SMILES string of the molecule is CCOC(=O)C1(C(C)C)CCN(c2ccc3nnc(-c4ccsc4)n3n2)C1. The van der Waals surface area contributed by atoms with Gasteiger partial charge in [0.25, 0.3) is 0 Å². The lowest BCUT2D eigenvalue weighted by atomic mass is 9.76. The Bertz CT molecular complexity index is 952. The molecule has 0 spiro atoms. The van der Waals surface area contributed by atoms with Crippen LogP contribution in [0.1, 0.15) is 27.2 Å². The highest BCUT2D eigenvalue weighted by atomic mass is 32.1. The number of ether oxygens (including phenoxy) is 1. The summed E-state index contributed by atoms with van der Waals surface area (Å²) in [4.78, 5) is 14.8. The number of esters is 1. The highest BCUT2D eigenvalue weighted by molar-refractivity contribution is 7.08. The summed E-state index contributed by atoms with van der Waals surface area (Å²) in [7, 11) is 0. The van der Waals surface area contributed by atoms with E-state index >= 15 is 0 Å². The Morgan fingerprint density at radius 1 is 1.33 bits per heavy atom. The number of fused-ring (bicyclic) bond motifs is 1. The summed E-state index contributed by atoms with van der Waals surface area (Å²) in [6, 6.07) is 5.88.